The van der Waals surface area contributed by atoms with Crippen LogP contribution in [0, 0.1) is 0 Å². The van der Waals surface area contributed by atoms with Crippen LogP contribution in [0.5, 0.6) is 5.75 Å². The molecule has 1 aromatic carbocycles. The first-order valence-electron chi connectivity index (χ1n) is 11.7. The third kappa shape index (κ3) is 4.60. The highest BCUT2D eigenvalue weighted by Crippen LogP contribution is 2.44. The first-order chi connectivity index (χ1) is 15.6. The van der Waals surface area contributed by atoms with Crippen molar-refractivity contribution >= 4 is 28.8 Å². The second-order valence-corrected chi connectivity index (χ2v) is 9.57. The van der Waals surface area contributed by atoms with Gasteiger partial charge in [0.25, 0.3) is 11.7 Å². The first kappa shape index (κ1) is 22.6. The van der Waals surface area contributed by atoms with Gasteiger partial charge in [0.05, 0.1) is 18.2 Å². The number of aliphatic hydroxyl groups is 1. The van der Waals surface area contributed by atoms with Gasteiger partial charge >= 0.3 is 0 Å². The second-order valence-electron chi connectivity index (χ2n) is 8.59. The molecular formula is C26H31NO4S. The molecule has 2 fully saturated rings. The summed E-state index contributed by atoms with van der Waals surface area (Å²) in [6, 6.07) is 10.5. The summed E-state index contributed by atoms with van der Waals surface area (Å²) in [6.45, 7) is 2.81. The minimum Gasteiger partial charge on any atom is -0.507 e. The van der Waals surface area contributed by atoms with E-state index >= 15 is 0 Å². The monoisotopic (exact) mass is 453 g/mol. The average molecular weight is 454 g/mol. The fraction of sp³-hybridized carbons (Fsp3) is 0.462. The molecule has 1 atom stereocenters. The number of hydrogen-bond acceptors (Lipinski definition) is 5. The average Bonchev–Trinajstić information content (AvgIpc) is 3.44. The number of rotatable bonds is 8. The minimum absolute atomic E-state index is 0.0384. The number of ether oxygens (including phenoxy) is 1. The van der Waals surface area contributed by atoms with E-state index in [0.29, 0.717) is 12.2 Å². The fourth-order valence-electron chi connectivity index (χ4n) is 4.72. The Kier molecular flexibility index (Phi) is 7.30. The molecule has 1 aliphatic carbocycles. The standard InChI is InChI=1S/C26H31NO4S/c1-2-3-7-16-31-20-14-12-18(13-15-20)24(28)22-23(21-11-8-17-32-21)27(26(30)25(22)29)19-9-5-4-6-10-19/h8,11-15,17,19,23,28H,2-7,9-10,16H2,1H3/b24-22-. The van der Waals surface area contributed by atoms with Crippen molar-refractivity contribution in [1.82, 2.24) is 4.90 Å². The fourth-order valence-corrected chi connectivity index (χ4v) is 5.55. The van der Waals surface area contributed by atoms with Crippen LogP contribution in [-0.4, -0.2) is 34.3 Å². The van der Waals surface area contributed by atoms with Gasteiger partial charge in [-0.2, -0.15) is 0 Å². The second kappa shape index (κ2) is 10.3. The van der Waals surface area contributed by atoms with E-state index in [2.05, 4.69) is 6.92 Å². The van der Waals surface area contributed by atoms with Crippen molar-refractivity contribution < 1.29 is 19.4 Å². The number of unbranched alkanes of at least 4 members (excludes halogenated alkanes) is 2. The summed E-state index contributed by atoms with van der Waals surface area (Å²) >= 11 is 1.51. The van der Waals surface area contributed by atoms with Gasteiger partial charge in [-0.15, -0.1) is 11.3 Å². The van der Waals surface area contributed by atoms with Gasteiger partial charge in [0, 0.05) is 16.5 Å². The van der Waals surface area contributed by atoms with Crippen LogP contribution in [0.2, 0.25) is 0 Å². The van der Waals surface area contributed by atoms with Crippen molar-refractivity contribution in [2.45, 2.75) is 70.4 Å². The largest absolute Gasteiger partial charge is 0.507 e. The number of carbonyl (C=O) groups is 2. The van der Waals surface area contributed by atoms with Gasteiger partial charge in [0.15, 0.2) is 0 Å². The topological polar surface area (TPSA) is 66.8 Å². The van der Waals surface area contributed by atoms with Gasteiger partial charge in [0.1, 0.15) is 11.5 Å². The highest BCUT2D eigenvalue weighted by atomic mass is 32.1. The molecule has 1 amide bonds. The number of thiophene rings is 1. The van der Waals surface area contributed by atoms with Crippen LogP contribution in [0.3, 0.4) is 0 Å². The predicted molar refractivity (Wildman–Crippen MR) is 127 cm³/mol. The summed E-state index contributed by atoms with van der Waals surface area (Å²) < 4.78 is 5.76. The van der Waals surface area contributed by atoms with E-state index in [-0.39, 0.29) is 17.4 Å². The molecule has 5 nitrogen and oxygen atoms in total. The molecule has 0 bridgehead atoms. The van der Waals surface area contributed by atoms with Crippen LogP contribution in [-0.2, 0) is 9.59 Å². The third-order valence-electron chi connectivity index (χ3n) is 6.41. The Morgan fingerprint density at radius 1 is 1.09 bits per heavy atom. The lowest BCUT2D eigenvalue weighted by Crippen LogP contribution is -2.40. The summed E-state index contributed by atoms with van der Waals surface area (Å²) in [5.74, 6) is -0.466. The lowest BCUT2D eigenvalue weighted by molar-refractivity contribution is -0.141. The van der Waals surface area contributed by atoms with Gasteiger partial charge in [-0.05, 0) is 55.0 Å². The predicted octanol–water partition coefficient (Wildman–Crippen LogP) is 6.07. The van der Waals surface area contributed by atoms with Gasteiger partial charge in [-0.1, -0.05) is 45.1 Å². The van der Waals surface area contributed by atoms with Crippen LogP contribution >= 0.6 is 11.3 Å². The number of aliphatic hydroxyl groups excluding tert-OH is 1. The number of likely N-dealkylation sites (tertiary alicyclic amines) is 1. The number of ketones is 1. The van der Waals surface area contributed by atoms with E-state index in [9.17, 15) is 14.7 Å². The minimum atomic E-state index is -0.591. The summed E-state index contributed by atoms with van der Waals surface area (Å²) in [7, 11) is 0. The highest BCUT2D eigenvalue weighted by Gasteiger charge is 2.49. The summed E-state index contributed by atoms with van der Waals surface area (Å²) in [4.78, 5) is 28.9. The lowest BCUT2D eigenvalue weighted by atomic mass is 9.93. The molecule has 1 aliphatic heterocycles. The molecule has 6 heteroatoms. The van der Waals surface area contributed by atoms with Gasteiger partial charge < -0.3 is 14.7 Å². The Bertz CT molecular complexity index is 958. The molecule has 2 aliphatic rings. The third-order valence-corrected chi connectivity index (χ3v) is 7.33. The van der Waals surface area contributed by atoms with Crippen molar-refractivity contribution in [1.29, 1.82) is 0 Å². The normalized spacial score (nSPS) is 21.3. The molecular weight excluding hydrogens is 422 g/mol. The Morgan fingerprint density at radius 2 is 1.84 bits per heavy atom. The lowest BCUT2D eigenvalue weighted by Gasteiger charge is -2.34. The summed E-state index contributed by atoms with van der Waals surface area (Å²) in [6.07, 6.45) is 8.36. The maximum atomic E-state index is 13.1. The molecule has 0 spiro atoms. The van der Waals surface area contributed by atoms with E-state index in [1.807, 2.05) is 17.5 Å². The van der Waals surface area contributed by atoms with Gasteiger partial charge in [0.2, 0.25) is 0 Å². The van der Waals surface area contributed by atoms with E-state index in [4.69, 9.17) is 4.74 Å². The molecule has 2 heterocycles. The van der Waals surface area contributed by atoms with Crippen LogP contribution in [0.15, 0.2) is 47.4 Å². The van der Waals surface area contributed by atoms with Crippen LogP contribution in [0.4, 0.5) is 0 Å². The number of carbonyl (C=O) groups excluding carboxylic acids is 2. The number of amides is 1. The molecule has 2 aromatic rings. The number of nitrogens with zero attached hydrogens (tertiary/aromatic N) is 1. The van der Waals surface area contributed by atoms with E-state index in [0.717, 1.165) is 62.0 Å². The Hall–Kier alpha value is -2.60. The zero-order chi connectivity index (χ0) is 22.5. The summed E-state index contributed by atoms with van der Waals surface area (Å²) in [5, 5.41) is 13.1. The van der Waals surface area contributed by atoms with Crippen molar-refractivity contribution in [3.63, 3.8) is 0 Å². The highest BCUT2D eigenvalue weighted by molar-refractivity contribution is 7.10. The van der Waals surface area contributed by atoms with E-state index in [1.165, 1.54) is 11.3 Å². The molecule has 170 valence electrons. The number of Topliss-reactive ketones (excluding diaryl/α,β-unsaturated/α-hetero) is 1. The van der Waals surface area contributed by atoms with Crippen LogP contribution in [0.1, 0.15) is 74.8 Å². The van der Waals surface area contributed by atoms with Crippen LogP contribution in [0.25, 0.3) is 5.76 Å². The Morgan fingerprint density at radius 3 is 2.50 bits per heavy atom. The molecule has 1 saturated carbocycles. The Balaban J connectivity index is 1.65. The van der Waals surface area contributed by atoms with Crippen molar-refractivity contribution in [2.75, 3.05) is 6.61 Å². The number of hydrogen-bond donors (Lipinski definition) is 1. The van der Waals surface area contributed by atoms with Crippen molar-refractivity contribution in [2.24, 2.45) is 0 Å². The van der Waals surface area contributed by atoms with Crippen molar-refractivity contribution in [3.05, 3.63) is 57.8 Å². The first-order valence-corrected chi connectivity index (χ1v) is 12.6. The molecule has 4 rings (SSSR count). The quantitative estimate of drug-likeness (QED) is 0.228. The molecule has 1 unspecified atom stereocenters. The zero-order valence-electron chi connectivity index (χ0n) is 18.6. The summed E-state index contributed by atoms with van der Waals surface area (Å²) in [5.41, 5.74) is 0.716. The molecule has 0 radical (unpaired) electrons. The Labute approximate surface area is 193 Å². The van der Waals surface area contributed by atoms with Gasteiger partial charge in [-0.3, -0.25) is 9.59 Å². The number of benzene rings is 1. The smallest absolute Gasteiger partial charge is 0.295 e. The van der Waals surface area contributed by atoms with E-state index < -0.39 is 17.7 Å². The molecule has 1 N–H and O–H groups in total. The molecule has 32 heavy (non-hydrogen) atoms. The van der Waals surface area contributed by atoms with Crippen molar-refractivity contribution in [3.8, 4) is 5.75 Å². The van der Waals surface area contributed by atoms with Crippen LogP contribution < -0.4 is 4.74 Å². The maximum absolute atomic E-state index is 13.1. The zero-order valence-corrected chi connectivity index (χ0v) is 19.4. The molecule has 1 saturated heterocycles. The van der Waals surface area contributed by atoms with Gasteiger partial charge in [-0.25, -0.2) is 0 Å². The van der Waals surface area contributed by atoms with E-state index in [1.54, 1.807) is 29.2 Å². The molecule has 1 aromatic heterocycles. The maximum Gasteiger partial charge on any atom is 0.295 e. The SMILES string of the molecule is CCCCCOc1ccc(/C(O)=C2/C(=O)C(=O)N(C3CCCCC3)C2c2cccs2)cc1.